The van der Waals surface area contributed by atoms with Crippen LogP contribution in [0.15, 0.2) is 35.4 Å². The molecule has 1 aliphatic heterocycles. The Morgan fingerprint density at radius 2 is 2.25 bits per heavy atom. The summed E-state index contributed by atoms with van der Waals surface area (Å²) < 4.78 is 31.4. The first-order chi connectivity index (χ1) is 11.4. The molecule has 3 rings (SSSR count). The fourth-order valence-corrected chi connectivity index (χ4v) is 4.12. The van der Waals surface area contributed by atoms with Crippen LogP contribution in [0.25, 0.3) is 0 Å². The molecule has 1 atom stereocenters. The molecule has 1 aromatic carbocycles. The number of hydrogen-bond donors (Lipinski definition) is 1. The molecular weight excluding hydrogens is 330 g/mol. The topological polar surface area (TPSA) is 94.3 Å². The van der Waals surface area contributed by atoms with Gasteiger partial charge in [-0.2, -0.15) is 0 Å². The monoisotopic (exact) mass is 351 g/mol. The molecule has 8 heteroatoms. The lowest BCUT2D eigenvalue weighted by atomic mass is 10.0. The molecule has 1 aliphatic rings. The minimum Gasteiger partial charge on any atom is -0.381 e. The van der Waals surface area contributed by atoms with Gasteiger partial charge in [0.2, 0.25) is 0 Å². The highest BCUT2D eigenvalue weighted by Crippen LogP contribution is 2.28. The molecule has 1 aromatic heterocycles. The van der Waals surface area contributed by atoms with E-state index in [0.29, 0.717) is 36.6 Å². The maximum absolute atomic E-state index is 12.3. The van der Waals surface area contributed by atoms with E-state index in [0.717, 1.165) is 5.56 Å². The summed E-state index contributed by atoms with van der Waals surface area (Å²) in [5, 5.41) is 18.3. The smallest absolute Gasteiger partial charge is 0.178 e. The largest absolute Gasteiger partial charge is 0.381 e. The van der Waals surface area contributed by atoms with Gasteiger partial charge in [0.05, 0.1) is 23.5 Å². The van der Waals surface area contributed by atoms with E-state index in [1.165, 1.54) is 0 Å². The van der Waals surface area contributed by atoms with E-state index in [2.05, 4.69) is 10.3 Å². The number of aryl methyl sites for hydroxylation is 2. The number of aromatic nitrogens is 3. The first-order valence-electron chi connectivity index (χ1n) is 7.89. The van der Waals surface area contributed by atoms with Crippen molar-refractivity contribution in [2.45, 2.75) is 36.8 Å². The fraction of sp³-hybridized carbons (Fsp3) is 0.500. The first kappa shape index (κ1) is 17.1. The maximum Gasteiger partial charge on any atom is 0.178 e. The predicted molar refractivity (Wildman–Crippen MR) is 87.2 cm³/mol. The van der Waals surface area contributed by atoms with E-state index in [-0.39, 0.29) is 12.4 Å². The summed E-state index contributed by atoms with van der Waals surface area (Å²) in [5.41, 5.74) is 0.317. The van der Waals surface area contributed by atoms with Crippen LogP contribution < -0.4 is 0 Å². The maximum atomic E-state index is 12.3. The molecule has 0 radical (unpaired) electrons. The van der Waals surface area contributed by atoms with Crippen LogP contribution in [0.1, 0.15) is 24.1 Å². The number of benzene rings is 1. The van der Waals surface area contributed by atoms with Crippen molar-refractivity contribution in [3.05, 3.63) is 41.7 Å². The third-order valence-corrected chi connectivity index (χ3v) is 5.96. The summed E-state index contributed by atoms with van der Waals surface area (Å²) in [6, 6.07) is 6.91. The number of ether oxygens (including phenoxy) is 1. The van der Waals surface area contributed by atoms with Gasteiger partial charge < -0.3 is 9.84 Å². The molecule has 1 saturated heterocycles. The van der Waals surface area contributed by atoms with Crippen LogP contribution in [0.4, 0.5) is 0 Å². The standard InChI is InChI=1S/C16H21N3O4S/c1-13-4-2-5-14(10-13)24(21,22)9-3-7-19-11-15(17-18-19)16(20)6-8-23-12-16/h2,4-5,10-11,20H,3,6-9,12H2,1H3. The summed E-state index contributed by atoms with van der Waals surface area (Å²) >= 11 is 0. The van der Waals surface area contributed by atoms with Gasteiger partial charge in [-0.3, -0.25) is 4.68 Å². The van der Waals surface area contributed by atoms with E-state index < -0.39 is 15.4 Å². The summed E-state index contributed by atoms with van der Waals surface area (Å²) in [6.45, 7) is 3.01. The summed E-state index contributed by atoms with van der Waals surface area (Å²) in [6.07, 6.45) is 2.58. The van der Waals surface area contributed by atoms with Crippen LogP contribution >= 0.6 is 0 Å². The Bertz CT molecular complexity index is 810. The van der Waals surface area contributed by atoms with Gasteiger partial charge >= 0.3 is 0 Å². The molecule has 0 saturated carbocycles. The van der Waals surface area contributed by atoms with Crippen molar-refractivity contribution < 1.29 is 18.3 Å². The second-order valence-corrected chi connectivity index (χ2v) is 8.30. The number of hydrogen-bond acceptors (Lipinski definition) is 6. The summed E-state index contributed by atoms with van der Waals surface area (Å²) in [4.78, 5) is 0.346. The van der Waals surface area contributed by atoms with Crippen molar-refractivity contribution in [3.63, 3.8) is 0 Å². The van der Waals surface area contributed by atoms with Crippen molar-refractivity contribution in [2.75, 3.05) is 19.0 Å². The molecule has 7 nitrogen and oxygen atoms in total. The second kappa shape index (κ2) is 6.62. The minimum atomic E-state index is -3.30. The Morgan fingerprint density at radius 1 is 1.42 bits per heavy atom. The molecule has 0 bridgehead atoms. The molecule has 0 spiro atoms. The quantitative estimate of drug-likeness (QED) is 0.836. The van der Waals surface area contributed by atoms with E-state index in [1.54, 1.807) is 29.1 Å². The lowest BCUT2D eigenvalue weighted by Gasteiger charge is -2.15. The molecular formula is C16H21N3O4S. The number of rotatable bonds is 6. The third kappa shape index (κ3) is 3.66. The Labute approximate surface area is 141 Å². The van der Waals surface area contributed by atoms with Crippen molar-refractivity contribution in [2.24, 2.45) is 0 Å². The highest BCUT2D eigenvalue weighted by molar-refractivity contribution is 7.91. The van der Waals surface area contributed by atoms with Crippen LogP contribution in [0, 0.1) is 6.92 Å². The van der Waals surface area contributed by atoms with Gasteiger partial charge in [0, 0.05) is 19.6 Å². The molecule has 2 aromatic rings. The van der Waals surface area contributed by atoms with Crippen molar-refractivity contribution >= 4 is 9.84 Å². The molecule has 1 N–H and O–H groups in total. The Hall–Kier alpha value is -1.77. The zero-order valence-corrected chi connectivity index (χ0v) is 14.4. The van der Waals surface area contributed by atoms with Gasteiger partial charge in [0.15, 0.2) is 9.84 Å². The van der Waals surface area contributed by atoms with Crippen LogP contribution in [0.3, 0.4) is 0 Å². The van der Waals surface area contributed by atoms with E-state index in [1.807, 2.05) is 13.0 Å². The Kier molecular flexibility index (Phi) is 4.71. The zero-order chi connectivity index (χ0) is 17.2. The highest BCUT2D eigenvalue weighted by atomic mass is 32.2. The molecule has 0 amide bonds. The van der Waals surface area contributed by atoms with Crippen LogP contribution in [-0.4, -0.2) is 47.5 Å². The lowest BCUT2D eigenvalue weighted by Crippen LogP contribution is -2.26. The normalized spacial score (nSPS) is 21.2. The SMILES string of the molecule is Cc1cccc(S(=O)(=O)CCCn2cc(C3(O)CCOC3)nn2)c1. The summed E-state index contributed by atoms with van der Waals surface area (Å²) in [7, 11) is -3.30. The number of sulfone groups is 1. The van der Waals surface area contributed by atoms with Gasteiger partial charge in [-0.05, 0) is 31.0 Å². The van der Waals surface area contributed by atoms with Crippen molar-refractivity contribution in [1.82, 2.24) is 15.0 Å². The minimum absolute atomic E-state index is 0.0407. The average Bonchev–Trinajstić information content (AvgIpc) is 3.17. The lowest BCUT2D eigenvalue weighted by molar-refractivity contribution is 0.0193. The van der Waals surface area contributed by atoms with Crippen LogP contribution in [0.2, 0.25) is 0 Å². The Morgan fingerprint density at radius 3 is 2.96 bits per heavy atom. The molecule has 1 unspecified atom stereocenters. The molecule has 2 heterocycles. The van der Waals surface area contributed by atoms with Crippen LogP contribution in [0.5, 0.6) is 0 Å². The van der Waals surface area contributed by atoms with Gasteiger partial charge in [-0.15, -0.1) is 5.10 Å². The van der Waals surface area contributed by atoms with Gasteiger partial charge in [0.1, 0.15) is 11.3 Å². The van der Waals surface area contributed by atoms with Crippen LogP contribution in [-0.2, 0) is 26.7 Å². The zero-order valence-electron chi connectivity index (χ0n) is 13.6. The highest BCUT2D eigenvalue weighted by Gasteiger charge is 2.37. The molecule has 130 valence electrons. The molecule has 24 heavy (non-hydrogen) atoms. The Balaban J connectivity index is 1.60. The van der Waals surface area contributed by atoms with E-state index in [9.17, 15) is 13.5 Å². The third-order valence-electron chi connectivity index (χ3n) is 4.17. The average molecular weight is 351 g/mol. The molecule has 1 fully saturated rings. The second-order valence-electron chi connectivity index (χ2n) is 6.19. The number of nitrogens with zero attached hydrogens (tertiary/aromatic N) is 3. The van der Waals surface area contributed by atoms with E-state index in [4.69, 9.17) is 4.74 Å². The predicted octanol–water partition coefficient (Wildman–Crippen LogP) is 1.06. The van der Waals surface area contributed by atoms with Gasteiger partial charge in [-0.25, -0.2) is 8.42 Å². The van der Waals surface area contributed by atoms with E-state index >= 15 is 0 Å². The van der Waals surface area contributed by atoms with Crippen molar-refractivity contribution in [1.29, 1.82) is 0 Å². The summed E-state index contributed by atoms with van der Waals surface area (Å²) in [5.74, 6) is 0.0407. The number of aliphatic hydroxyl groups is 1. The fourth-order valence-electron chi connectivity index (χ4n) is 2.72. The molecule has 0 aliphatic carbocycles. The van der Waals surface area contributed by atoms with Gasteiger partial charge in [-0.1, -0.05) is 17.3 Å². The first-order valence-corrected chi connectivity index (χ1v) is 9.54. The van der Waals surface area contributed by atoms with Gasteiger partial charge in [0.25, 0.3) is 0 Å². The van der Waals surface area contributed by atoms with Crippen molar-refractivity contribution in [3.8, 4) is 0 Å².